The Kier molecular flexibility index (Phi) is 3.45. The van der Waals surface area contributed by atoms with E-state index in [1.54, 1.807) is 0 Å². The van der Waals surface area contributed by atoms with E-state index in [0.29, 0.717) is 13.2 Å². The van der Waals surface area contributed by atoms with Crippen LogP contribution in [0.1, 0.15) is 11.7 Å². The number of aliphatic hydroxyl groups is 1. The van der Waals surface area contributed by atoms with E-state index in [0.717, 1.165) is 16.8 Å². The second-order valence-electron chi connectivity index (χ2n) is 4.31. The summed E-state index contributed by atoms with van der Waals surface area (Å²) in [5.41, 5.74) is 1.93. The second kappa shape index (κ2) is 5.07. The summed E-state index contributed by atoms with van der Waals surface area (Å²) in [4.78, 5) is 2.58. The topological polar surface area (TPSA) is 60.0 Å². The highest BCUT2D eigenvalue weighted by molar-refractivity contribution is 6.64. The van der Waals surface area contributed by atoms with Gasteiger partial charge in [0, 0.05) is 12.0 Å². The van der Waals surface area contributed by atoms with Crippen LogP contribution in [0.3, 0.4) is 0 Å². The van der Waals surface area contributed by atoms with Gasteiger partial charge in [0.2, 0.25) is 0 Å². The minimum absolute atomic E-state index is 0.0956. The molecule has 0 saturated carbocycles. The Hall–Kier alpha value is -0.785. The number of hydrogen-bond acceptors (Lipinski definition) is 5. The summed E-state index contributed by atoms with van der Waals surface area (Å²) in [7, 11) is -0.495. The number of nitrogens with one attached hydrogen (secondary N) is 1. The van der Waals surface area contributed by atoms with E-state index in [1.165, 1.54) is 0 Å². The molecule has 2 aliphatic heterocycles. The normalized spacial score (nSPS) is 25.6. The van der Waals surface area contributed by atoms with Gasteiger partial charge in [-0.1, -0.05) is 12.1 Å². The SMILES string of the molecule is OC[C@@H]1COc2cccc3c2B(O1)O[C@@H]3CNCl. The first-order valence-corrected chi connectivity index (χ1v) is 6.22. The van der Waals surface area contributed by atoms with Crippen molar-refractivity contribution in [3.8, 4) is 5.75 Å². The van der Waals surface area contributed by atoms with E-state index >= 15 is 0 Å². The standard InChI is InChI=1S/C11H13BClNO4/c13-14-4-10-8-2-1-3-9-11(8)12(18-10)17-7(5-15)6-16-9/h1-3,7,10,14-15H,4-6H2/t7-,10-/m1/s1. The minimum Gasteiger partial charge on any atom is -0.491 e. The summed E-state index contributed by atoms with van der Waals surface area (Å²) in [6.45, 7) is 0.717. The molecular weight excluding hydrogens is 256 g/mol. The fourth-order valence-corrected chi connectivity index (χ4v) is 2.47. The van der Waals surface area contributed by atoms with Crippen LogP contribution in [-0.4, -0.2) is 38.1 Å². The average Bonchev–Trinajstić information content (AvgIpc) is 2.63. The Morgan fingerprint density at radius 1 is 1.44 bits per heavy atom. The predicted octanol–water partition coefficient (Wildman–Crippen LogP) is -0.0336. The van der Waals surface area contributed by atoms with Gasteiger partial charge in [-0.05, 0) is 23.4 Å². The molecule has 1 aromatic carbocycles. The van der Waals surface area contributed by atoms with Crippen LogP contribution in [0.5, 0.6) is 5.75 Å². The van der Waals surface area contributed by atoms with Crippen LogP contribution in [0.4, 0.5) is 0 Å². The Balaban J connectivity index is 1.97. The van der Waals surface area contributed by atoms with E-state index in [-0.39, 0.29) is 18.8 Å². The molecule has 0 bridgehead atoms. The molecule has 2 aliphatic rings. The molecule has 18 heavy (non-hydrogen) atoms. The smallest absolute Gasteiger partial charge is 0.491 e. The largest absolute Gasteiger partial charge is 0.498 e. The van der Waals surface area contributed by atoms with E-state index < -0.39 is 7.12 Å². The number of halogens is 1. The van der Waals surface area contributed by atoms with Crippen molar-refractivity contribution in [3.05, 3.63) is 23.8 Å². The van der Waals surface area contributed by atoms with Crippen molar-refractivity contribution in [2.45, 2.75) is 12.2 Å². The number of rotatable bonds is 3. The van der Waals surface area contributed by atoms with Crippen LogP contribution in [0.25, 0.3) is 0 Å². The lowest BCUT2D eigenvalue weighted by Gasteiger charge is -2.17. The van der Waals surface area contributed by atoms with Crippen molar-refractivity contribution in [1.82, 2.24) is 4.84 Å². The van der Waals surface area contributed by atoms with Crippen LogP contribution in [-0.2, 0) is 9.31 Å². The number of aliphatic hydroxyl groups excluding tert-OH is 1. The Morgan fingerprint density at radius 2 is 2.33 bits per heavy atom. The molecule has 2 atom stereocenters. The highest BCUT2D eigenvalue weighted by Crippen LogP contribution is 2.30. The average molecular weight is 269 g/mol. The first-order chi connectivity index (χ1) is 8.83. The van der Waals surface area contributed by atoms with Gasteiger partial charge in [0.25, 0.3) is 0 Å². The molecule has 7 heteroatoms. The lowest BCUT2D eigenvalue weighted by atomic mass is 9.77. The highest BCUT2D eigenvalue weighted by Gasteiger charge is 2.43. The molecule has 0 radical (unpaired) electrons. The van der Waals surface area contributed by atoms with Crippen molar-refractivity contribution in [2.24, 2.45) is 0 Å². The first-order valence-electron chi connectivity index (χ1n) is 5.84. The third kappa shape index (κ3) is 2.00. The lowest BCUT2D eigenvalue weighted by Crippen LogP contribution is -2.36. The van der Waals surface area contributed by atoms with Gasteiger partial charge in [-0.25, -0.2) is 4.84 Å². The third-order valence-electron chi connectivity index (χ3n) is 3.18. The van der Waals surface area contributed by atoms with Gasteiger partial charge in [-0.15, -0.1) is 0 Å². The van der Waals surface area contributed by atoms with Crippen LogP contribution in [0.2, 0.25) is 0 Å². The molecule has 3 rings (SSSR count). The maximum atomic E-state index is 9.20. The van der Waals surface area contributed by atoms with Crippen molar-refractivity contribution < 1.29 is 19.2 Å². The molecule has 0 aliphatic carbocycles. The lowest BCUT2D eigenvalue weighted by molar-refractivity contribution is 0.0494. The quantitative estimate of drug-likeness (QED) is 0.596. The molecule has 2 N–H and O–H groups in total. The summed E-state index contributed by atoms with van der Waals surface area (Å²) in [6.07, 6.45) is -0.540. The zero-order valence-electron chi connectivity index (χ0n) is 9.64. The maximum absolute atomic E-state index is 9.20. The molecule has 0 amide bonds. The third-order valence-corrected chi connectivity index (χ3v) is 3.33. The summed E-state index contributed by atoms with van der Waals surface area (Å²) in [5, 5.41) is 9.20. The summed E-state index contributed by atoms with van der Waals surface area (Å²) in [5.74, 6) is 0.755. The minimum atomic E-state index is -0.495. The molecule has 2 heterocycles. The number of hydrogen-bond donors (Lipinski definition) is 2. The van der Waals surface area contributed by atoms with Gasteiger partial charge in [-0.3, -0.25) is 0 Å². The summed E-state index contributed by atoms with van der Waals surface area (Å²) >= 11 is 5.54. The summed E-state index contributed by atoms with van der Waals surface area (Å²) in [6, 6.07) is 5.78. The van der Waals surface area contributed by atoms with E-state index in [4.69, 9.17) is 25.8 Å². The highest BCUT2D eigenvalue weighted by atomic mass is 35.5. The van der Waals surface area contributed by atoms with Crippen LogP contribution in [0.15, 0.2) is 18.2 Å². The molecule has 5 nitrogen and oxygen atoms in total. The van der Waals surface area contributed by atoms with Crippen molar-refractivity contribution in [3.63, 3.8) is 0 Å². The zero-order valence-corrected chi connectivity index (χ0v) is 10.4. The zero-order chi connectivity index (χ0) is 12.5. The maximum Gasteiger partial charge on any atom is 0.498 e. The van der Waals surface area contributed by atoms with E-state index in [1.807, 2.05) is 18.2 Å². The van der Waals surface area contributed by atoms with Gasteiger partial charge in [0.15, 0.2) is 0 Å². The fourth-order valence-electron chi connectivity index (χ4n) is 2.33. The van der Waals surface area contributed by atoms with Crippen molar-refractivity contribution in [2.75, 3.05) is 19.8 Å². The van der Waals surface area contributed by atoms with Gasteiger partial charge in [0.05, 0.1) is 12.7 Å². The Bertz CT molecular complexity index is 447. The van der Waals surface area contributed by atoms with Crippen molar-refractivity contribution in [1.29, 1.82) is 0 Å². The molecule has 0 fully saturated rings. The van der Waals surface area contributed by atoms with Crippen LogP contribution < -0.4 is 15.0 Å². The fraction of sp³-hybridized carbons (Fsp3) is 0.455. The molecule has 0 saturated heterocycles. The van der Waals surface area contributed by atoms with Gasteiger partial charge in [-0.2, -0.15) is 0 Å². The summed E-state index contributed by atoms with van der Waals surface area (Å²) < 4.78 is 17.2. The molecule has 0 aromatic heterocycles. The molecule has 96 valence electrons. The molecular formula is C11H13BClNO4. The Labute approximate surface area is 110 Å². The van der Waals surface area contributed by atoms with Gasteiger partial charge >= 0.3 is 7.12 Å². The Morgan fingerprint density at radius 3 is 3.11 bits per heavy atom. The predicted molar refractivity (Wildman–Crippen MR) is 67.0 cm³/mol. The monoisotopic (exact) mass is 269 g/mol. The van der Waals surface area contributed by atoms with E-state index in [9.17, 15) is 5.11 Å². The molecule has 0 unspecified atom stereocenters. The second-order valence-corrected chi connectivity index (χ2v) is 4.57. The van der Waals surface area contributed by atoms with Crippen molar-refractivity contribution >= 4 is 24.4 Å². The van der Waals surface area contributed by atoms with Crippen LogP contribution >= 0.6 is 11.8 Å². The van der Waals surface area contributed by atoms with Gasteiger partial charge < -0.3 is 19.2 Å². The van der Waals surface area contributed by atoms with Gasteiger partial charge in [0.1, 0.15) is 18.5 Å². The van der Waals surface area contributed by atoms with E-state index in [2.05, 4.69) is 4.84 Å². The first kappa shape index (κ1) is 12.3. The molecule has 0 spiro atoms. The molecule has 1 aromatic rings. The van der Waals surface area contributed by atoms with Crippen LogP contribution in [0, 0.1) is 0 Å². The number of benzene rings is 1. The number of ether oxygens (including phenoxy) is 1.